The fraction of sp³-hybridized carbons (Fsp3) is 0.500. The minimum atomic E-state index is -0.731. The van der Waals surface area contributed by atoms with Crippen LogP contribution in [0, 0.1) is 0 Å². The fourth-order valence-corrected chi connectivity index (χ4v) is 6.22. The number of hydrogen-bond acceptors (Lipinski definition) is 9. The monoisotopic (exact) mass is 588 g/mol. The molecule has 0 N–H and O–H groups in total. The second kappa shape index (κ2) is 12.3. The van der Waals surface area contributed by atoms with E-state index in [4.69, 9.17) is 28.7 Å². The lowest BCUT2D eigenvalue weighted by atomic mass is 9.77. The predicted molar refractivity (Wildman–Crippen MR) is 171 cm³/mol. The molecule has 9 heteroatoms. The third-order valence-electron chi connectivity index (χ3n) is 9.05. The predicted octanol–water partition coefficient (Wildman–Crippen LogP) is 4.73. The number of nitrogens with zero attached hydrogens (tertiary/aromatic N) is 4. The third-order valence-corrected chi connectivity index (χ3v) is 9.05. The van der Waals surface area contributed by atoms with Crippen LogP contribution in [0.2, 0.25) is 0 Å². The van der Waals surface area contributed by atoms with Crippen molar-refractivity contribution in [2.45, 2.75) is 25.0 Å². The van der Waals surface area contributed by atoms with Crippen LogP contribution < -0.4 is 19.1 Å². The van der Waals surface area contributed by atoms with Crippen molar-refractivity contribution in [1.82, 2.24) is 9.80 Å². The van der Waals surface area contributed by atoms with Crippen molar-refractivity contribution >= 4 is 28.4 Å². The van der Waals surface area contributed by atoms with Crippen LogP contribution in [-0.4, -0.2) is 109 Å². The van der Waals surface area contributed by atoms with Gasteiger partial charge >= 0.3 is 0 Å². The van der Waals surface area contributed by atoms with Gasteiger partial charge in [0.25, 0.3) is 0 Å². The van der Waals surface area contributed by atoms with Crippen LogP contribution in [0.5, 0.6) is 17.2 Å². The number of anilines is 1. The summed E-state index contributed by atoms with van der Waals surface area (Å²) in [5.74, 6) is 2.19. The summed E-state index contributed by atoms with van der Waals surface area (Å²) in [5.41, 5.74) is 2.18. The van der Waals surface area contributed by atoms with Crippen LogP contribution in [0.25, 0.3) is 10.8 Å². The van der Waals surface area contributed by atoms with Crippen molar-refractivity contribution in [3.63, 3.8) is 0 Å². The standard InChI is InChI=1S/C34H44N4O5/c1-33(2)27-8-6-7-9-28(27)38(5)34(33)24-35-32-26-23-31-30(22-25(26)10-11-29(32)43-34)41-18-14-36(3)12-16-39-20-21-40-17-13-37(4)15-19-42-31/h6-11,22-24H,12-21H2,1-5H3. The van der Waals surface area contributed by atoms with Gasteiger partial charge in [-0.3, -0.25) is 4.99 Å². The molecule has 0 aliphatic carbocycles. The molecule has 0 fully saturated rings. The second-order valence-corrected chi connectivity index (χ2v) is 12.2. The van der Waals surface area contributed by atoms with Crippen LogP contribution in [0.15, 0.2) is 53.5 Å². The number of ether oxygens (including phenoxy) is 5. The van der Waals surface area contributed by atoms with Gasteiger partial charge in [-0.05, 0) is 63.2 Å². The summed E-state index contributed by atoms with van der Waals surface area (Å²) in [6.07, 6.45) is 1.98. The van der Waals surface area contributed by atoms with Crippen molar-refractivity contribution in [1.29, 1.82) is 0 Å². The Morgan fingerprint density at radius 3 is 2.00 bits per heavy atom. The topological polar surface area (TPSA) is 68.2 Å². The first-order valence-electron chi connectivity index (χ1n) is 15.3. The number of para-hydroxylation sites is 1. The molecular weight excluding hydrogens is 544 g/mol. The van der Waals surface area contributed by atoms with Crippen molar-refractivity contribution < 1.29 is 23.7 Å². The van der Waals surface area contributed by atoms with Crippen molar-refractivity contribution in [2.75, 3.05) is 91.9 Å². The minimum absolute atomic E-state index is 0.310. The minimum Gasteiger partial charge on any atom is -0.488 e. The molecule has 0 bridgehead atoms. The lowest BCUT2D eigenvalue weighted by Gasteiger charge is -2.45. The van der Waals surface area contributed by atoms with Gasteiger partial charge in [0.15, 0.2) is 11.5 Å². The molecule has 3 aliphatic heterocycles. The summed E-state index contributed by atoms with van der Waals surface area (Å²) < 4.78 is 31.1. The van der Waals surface area contributed by atoms with E-state index in [9.17, 15) is 0 Å². The zero-order valence-electron chi connectivity index (χ0n) is 26.1. The largest absolute Gasteiger partial charge is 0.488 e. The van der Waals surface area contributed by atoms with Crippen LogP contribution in [0.3, 0.4) is 0 Å². The van der Waals surface area contributed by atoms with E-state index in [1.165, 1.54) is 5.56 Å². The number of likely N-dealkylation sites (N-methyl/N-ethyl adjacent to an activating group) is 3. The lowest BCUT2D eigenvalue weighted by Crippen LogP contribution is -2.61. The van der Waals surface area contributed by atoms with Gasteiger partial charge in [-0.15, -0.1) is 0 Å². The van der Waals surface area contributed by atoms with Crippen molar-refractivity contribution in [3.8, 4) is 17.2 Å². The van der Waals surface area contributed by atoms with E-state index in [-0.39, 0.29) is 5.41 Å². The Balaban J connectivity index is 1.30. The SMILES string of the molecule is CN1CCOCCOCCN(C)CCOc2cc3c4c(ccc3cc2OCC1)OC1(C=N4)N(C)c2ccccc2C1(C)C. The summed E-state index contributed by atoms with van der Waals surface area (Å²) in [4.78, 5) is 11.7. The summed E-state index contributed by atoms with van der Waals surface area (Å²) in [6.45, 7) is 11.2. The van der Waals surface area contributed by atoms with E-state index in [1.807, 2.05) is 12.3 Å². The Kier molecular flexibility index (Phi) is 8.51. The van der Waals surface area contributed by atoms with E-state index >= 15 is 0 Å². The summed E-state index contributed by atoms with van der Waals surface area (Å²) in [6, 6.07) is 16.7. The number of fused-ring (bicyclic) bond motifs is 5. The fourth-order valence-electron chi connectivity index (χ4n) is 6.22. The average Bonchev–Trinajstić information content (AvgIpc) is 3.16. The summed E-state index contributed by atoms with van der Waals surface area (Å²) >= 11 is 0. The van der Waals surface area contributed by atoms with Gasteiger partial charge in [-0.2, -0.15) is 0 Å². The first-order valence-corrected chi connectivity index (χ1v) is 15.3. The number of aliphatic imine (C=N–C) groups is 1. The van der Waals surface area contributed by atoms with Gasteiger partial charge in [0, 0.05) is 44.3 Å². The average molecular weight is 589 g/mol. The highest BCUT2D eigenvalue weighted by Crippen LogP contribution is 2.54. The molecule has 0 aromatic heterocycles. The Bertz CT molecular complexity index is 1480. The molecule has 1 atom stereocenters. The molecular formula is C34H44N4O5. The zero-order valence-corrected chi connectivity index (χ0v) is 26.1. The number of rotatable bonds is 0. The van der Waals surface area contributed by atoms with Crippen LogP contribution in [-0.2, 0) is 14.9 Å². The lowest BCUT2D eigenvalue weighted by molar-refractivity contribution is 0.0330. The normalized spacial score (nSPS) is 23.8. The smallest absolute Gasteiger partial charge is 0.228 e. The van der Waals surface area contributed by atoms with E-state index in [1.54, 1.807) is 0 Å². The maximum Gasteiger partial charge on any atom is 0.228 e. The van der Waals surface area contributed by atoms with Crippen molar-refractivity contribution in [3.05, 3.63) is 54.1 Å². The molecule has 3 aromatic rings. The first kappa shape index (κ1) is 29.7. The van der Waals surface area contributed by atoms with Crippen molar-refractivity contribution in [2.24, 2.45) is 4.99 Å². The molecule has 3 heterocycles. The summed E-state index contributed by atoms with van der Waals surface area (Å²) in [7, 11) is 6.24. The van der Waals surface area contributed by atoms with Crippen LogP contribution in [0.1, 0.15) is 19.4 Å². The molecule has 0 saturated carbocycles. The van der Waals surface area contributed by atoms with Crippen LogP contribution in [0.4, 0.5) is 11.4 Å². The maximum atomic E-state index is 6.92. The quantitative estimate of drug-likeness (QED) is 0.374. The van der Waals surface area contributed by atoms with Gasteiger partial charge in [0.05, 0.1) is 38.1 Å². The molecule has 1 spiro atoms. The molecule has 0 amide bonds. The molecule has 6 rings (SSSR count). The molecule has 3 aromatic carbocycles. The Labute approximate surface area is 254 Å². The van der Waals surface area contributed by atoms with Gasteiger partial charge in [-0.1, -0.05) is 24.3 Å². The van der Waals surface area contributed by atoms with E-state index < -0.39 is 5.72 Å². The van der Waals surface area contributed by atoms with Gasteiger partial charge in [0.1, 0.15) is 24.7 Å². The van der Waals surface area contributed by atoms with E-state index in [0.717, 1.165) is 59.8 Å². The van der Waals surface area contributed by atoms with Gasteiger partial charge in [0.2, 0.25) is 5.72 Å². The Hall–Kier alpha value is -3.37. The first-order chi connectivity index (χ1) is 20.8. The molecule has 1 unspecified atom stereocenters. The molecule has 0 radical (unpaired) electrons. The van der Waals surface area contributed by atoms with Gasteiger partial charge < -0.3 is 38.4 Å². The highest BCUT2D eigenvalue weighted by molar-refractivity contribution is 6.01. The molecule has 0 saturated heterocycles. The van der Waals surface area contributed by atoms with Gasteiger partial charge in [-0.25, -0.2) is 0 Å². The van der Waals surface area contributed by atoms with E-state index in [0.29, 0.717) is 45.4 Å². The Morgan fingerprint density at radius 1 is 0.698 bits per heavy atom. The zero-order chi connectivity index (χ0) is 30.0. The molecule has 230 valence electrons. The highest BCUT2D eigenvalue weighted by atomic mass is 16.5. The number of hydrogen-bond donors (Lipinski definition) is 0. The van der Waals surface area contributed by atoms with Crippen LogP contribution >= 0.6 is 0 Å². The molecule has 9 nitrogen and oxygen atoms in total. The molecule has 43 heavy (non-hydrogen) atoms. The summed E-state index contributed by atoms with van der Waals surface area (Å²) in [5, 5.41) is 2.00. The Morgan fingerprint density at radius 2 is 1.33 bits per heavy atom. The molecule has 3 aliphatic rings. The van der Waals surface area contributed by atoms with E-state index in [2.05, 4.69) is 92.2 Å². The third kappa shape index (κ3) is 5.67. The maximum absolute atomic E-state index is 6.92. The number of benzene rings is 3. The second-order valence-electron chi connectivity index (χ2n) is 12.2. The highest BCUT2D eigenvalue weighted by Gasteiger charge is 2.58.